The average Bonchev–Trinajstić information content (AvgIpc) is 2.95. The van der Waals surface area contributed by atoms with Gasteiger partial charge in [0, 0.05) is 5.56 Å². The Labute approximate surface area is 118 Å². The van der Waals surface area contributed by atoms with Crippen LogP contribution in [0.25, 0.3) is 0 Å². The fraction of sp³-hybridized carbons (Fsp3) is 0.250. The maximum Gasteiger partial charge on any atom is 0.231 e. The smallest absolute Gasteiger partial charge is 0.231 e. The average molecular weight is 272 g/mol. The van der Waals surface area contributed by atoms with Crippen molar-refractivity contribution in [1.82, 2.24) is 0 Å². The van der Waals surface area contributed by atoms with Gasteiger partial charge >= 0.3 is 0 Å². The highest BCUT2D eigenvalue weighted by Gasteiger charge is 2.14. The zero-order valence-corrected chi connectivity index (χ0v) is 11.2. The first-order valence-corrected chi connectivity index (χ1v) is 6.76. The van der Waals surface area contributed by atoms with Crippen LogP contribution in [0.4, 0.5) is 0 Å². The normalized spacial score (nSPS) is 14.2. The molecular weight excluding hydrogens is 254 g/mol. The van der Waals surface area contributed by atoms with Crippen LogP contribution in [-0.4, -0.2) is 18.4 Å². The number of quaternary nitrogens is 1. The Morgan fingerprint density at radius 3 is 2.70 bits per heavy atom. The van der Waals surface area contributed by atoms with Gasteiger partial charge in [0.15, 0.2) is 11.5 Å². The monoisotopic (exact) mass is 272 g/mol. The van der Waals surface area contributed by atoms with E-state index in [9.17, 15) is 5.11 Å². The molecule has 0 saturated heterocycles. The summed E-state index contributed by atoms with van der Waals surface area (Å²) in [6.07, 6.45) is -0.440. The van der Waals surface area contributed by atoms with E-state index in [1.165, 1.54) is 0 Å². The van der Waals surface area contributed by atoms with Gasteiger partial charge in [0.2, 0.25) is 6.79 Å². The summed E-state index contributed by atoms with van der Waals surface area (Å²) in [5.74, 6) is 1.61. The van der Waals surface area contributed by atoms with Crippen molar-refractivity contribution in [2.45, 2.75) is 12.6 Å². The molecule has 104 valence electrons. The summed E-state index contributed by atoms with van der Waals surface area (Å²) in [6.45, 7) is 1.74. The summed E-state index contributed by atoms with van der Waals surface area (Å²) in [5, 5.41) is 12.2. The number of ether oxygens (including phenoxy) is 2. The van der Waals surface area contributed by atoms with Crippen molar-refractivity contribution in [3.63, 3.8) is 0 Å². The van der Waals surface area contributed by atoms with Crippen LogP contribution in [0, 0.1) is 0 Å². The van der Waals surface area contributed by atoms with Gasteiger partial charge in [-0.25, -0.2) is 0 Å². The van der Waals surface area contributed by atoms with Gasteiger partial charge in [0.1, 0.15) is 19.2 Å². The third-order valence-corrected chi connectivity index (χ3v) is 3.39. The zero-order chi connectivity index (χ0) is 13.8. The first-order valence-electron chi connectivity index (χ1n) is 6.76. The summed E-state index contributed by atoms with van der Waals surface area (Å²) in [4.78, 5) is 0. The van der Waals surface area contributed by atoms with Gasteiger partial charge in [-0.2, -0.15) is 0 Å². The fourth-order valence-corrected chi connectivity index (χ4v) is 2.29. The Kier molecular flexibility index (Phi) is 3.85. The number of nitrogens with two attached hydrogens (primary N) is 1. The van der Waals surface area contributed by atoms with Crippen molar-refractivity contribution < 1.29 is 19.9 Å². The van der Waals surface area contributed by atoms with E-state index in [0.29, 0.717) is 13.3 Å². The summed E-state index contributed by atoms with van der Waals surface area (Å²) < 4.78 is 10.6. The molecule has 0 aromatic heterocycles. The van der Waals surface area contributed by atoms with E-state index in [-0.39, 0.29) is 0 Å². The largest absolute Gasteiger partial charge is 0.454 e. The van der Waals surface area contributed by atoms with Crippen LogP contribution in [0.15, 0.2) is 48.5 Å². The number of fused-ring (bicyclic) bond motifs is 1. The molecule has 0 unspecified atom stereocenters. The van der Waals surface area contributed by atoms with Crippen molar-refractivity contribution in [2.75, 3.05) is 13.3 Å². The maximum atomic E-state index is 10.1. The van der Waals surface area contributed by atoms with Gasteiger partial charge in [-0.15, -0.1) is 0 Å². The predicted octanol–water partition coefficient (Wildman–Crippen LogP) is 1.21. The molecule has 20 heavy (non-hydrogen) atoms. The minimum Gasteiger partial charge on any atom is -0.454 e. The number of aliphatic hydroxyl groups excluding tert-OH is 1. The van der Waals surface area contributed by atoms with Crippen molar-refractivity contribution in [2.24, 2.45) is 0 Å². The van der Waals surface area contributed by atoms with E-state index in [4.69, 9.17) is 9.47 Å². The molecule has 1 atom stereocenters. The highest BCUT2D eigenvalue weighted by Crippen LogP contribution is 2.32. The molecule has 2 aromatic rings. The molecule has 4 nitrogen and oxygen atoms in total. The highest BCUT2D eigenvalue weighted by molar-refractivity contribution is 5.44. The first kappa shape index (κ1) is 13.0. The Balaban J connectivity index is 1.53. The molecule has 1 aliphatic heterocycles. The Hall–Kier alpha value is -2.04. The van der Waals surface area contributed by atoms with E-state index in [1.54, 1.807) is 0 Å². The third-order valence-electron chi connectivity index (χ3n) is 3.39. The van der Waals surface area contributed by atoms with E-state index >= 15 is 0 Å². The second kappa shape index (κ2) is 5.94. The molecule has 0 bridgehead atoms. The molecule has 0 amide bonds. The lowest BCUT2D eigenvalue weighted by Gasteiger charge is -2.10. The second-order valence-corrected chi connectivity index (χ2v) is 4.84. The van der Waals surface area contributed by atoms with Gasteiger partial charge in [-0.3, -0.25) is 0 Å². The lowest BCUT2D eigenvalue weighted by atomic mass is 10.1. The molecule has 4 heteroatoms. The molecule has 0 aliphatic carbocycles. The topological polar surface area (TPSA) is 55.3 Å². The molecule has 0 fully saturated rings. The molecule has 3 N–H and O–H groups in total. The van der Waals surface area contributed by atoms with Gasteiger partial charge in [0.25, 0.3) is 0 Å². The minimum absolute atomic E-state index is 0.301. The fourth-order valence-electron chi connectivity index (χ4n) is 2.29. The number of hydrogen-bond acceptors (Lipinski definition) is 3. The van der Waals surface area contributed by atoms with E-state index in [1.807, 2.05) is 48.5 Å². The summed E-state index contributed by atoms with van der Waals surface area (Å²) in [6, 6.07) is 15.7. The summed E-state index contributed by atoms with van der Waals surface area (Å²) in [7, 11) is 0. The molecule has 0 saturated carbocycles. The number of benzene rings is 2. The lowest BCUT2D eigenvalue weighted by Crippen LogP contribution is -2.83. The molecule has 1 aliphatic rings. The van der Waals surface area contributed by atoms with Gasteiger partial charge in [-0.05, 0) is 23.8 Å². The Morgan fingerprint density at radius 2 is 1.85 bits per heavy atom. The number of aliphatic hydroxyl groups is 1. The van der Waals surface area contributed by atoms with Gasteiger partial charge < -0.3 is 19.9 Å². The van der Waals surface area contributed by atoms with Crippen LogP contribution in [-0.2, 0) is 6.54 Å². The second-order valence-electron chi connectivity index (χ2n) is 4.84. The van der Waals surface area contributed by atoms with Crippen LogP contribution in [0.5, 0.6) is 11.5 Å². The Bertz CT molecular complexity index is 571. The summed E-state index contributed by atoms with van der Waals surface area (Å²) >= 11 is 0. The van der Waals surface area contributed by atoms with Crippen molar-refractivity contribution in [1.29, 1.82) is 0 Å². The first-order chi connectivity index (χ1) is 9.83. The maximum absolute atomic E-state index is 10.1. The molecule has 1 heterocycles. The van der Waals surface area contributed by atoms with E-state index < -0.39 is 6.10 Å². The molecule has 0 spiro atoms. The van der Waals surface area contributed by atoms with Crippen molar-refractivity contribution in [3.8, 4) is 11.5 Å². The van der Waals surface area contributed by atoms with Crippen molar-refractivity contribution >= 4 is 0 Å². The number of hydrogen-bond donors (Lipinski definition) is 2. The van der Waals surface area contributed by atoms with Crippen LogP contribution < -0.4 is 14.8 Å². The standard InChI is InChI=1S/C16H17NO3/c18-14(13-4-2-1-3-5-13)10-17-9-12-6-7-15-16(8-12)20-11-19-15/h1-8,14,17-18H,9-11H2/p+1/t14-/m1/s1. The Morgan fingerprint density at radius 1 is 1.05 bits per heavy atom. The van der Waals surface area contributed by atoms with Crippen LogP contribution in [0.1, 0.15) is 17.2 Å². The van der Waals surface area contributed by atoms with Crippen molar-refractivity contribution in [3.05, 3.63) is 59.7 Å². The van der Waals surface area contributed by atoms with Gasteiger partial charge in [0.05, 0.1) is 0 Å². The highest BCUT2D eigenvalue weighted by atomic mass is 16.7. The SMILES string of the molecule is O[C@H](C[NH2+]Cc1ccc2c(c1)OCO2)c1ccccc1. The number of rotatable bonds is 5. The predicted molar refractivity (Wildman–Crippen MR) is 74.5 cm³/mol. The summed E-state index contributed by atoms with van der Waals surface area (Å²) in [5.41, 5.74) is 2.11. The third kappa shape index (κ3) is 2.92. The van der Waals surface area contributed by atoms with Crippen LogP contribution >= 0.6 is 0 Å². The van der Waals surface area contributed by atoms with E-state index in [0.717, 1.165) is 29.2 Å². The van der Waals surface area contributed by atoms with Gasteiger partial charge in [-0.1, -0.05) is 30.3 Å². The lowest BCUT2D eigenvalue weighted by molar-refractivity contribution is -0.677. The molecule has 0 radical (unpaired) electrons. The molecule has 2 aromatic carbocycles. The molecular formula is C16H18NO3+. The van der Waals surface area contributed by atoms with Crippen LogP contribution in [0.2, 0.25) is 0 Å². The van der Waals surface area contributed by atoms with E-state index in [2.05, 4.69) is 5.32 Å². The minimum atomic E-state index is -0.440. The zero-order valence-electron chi connectivity index (χ0n) is 11.2. The molecule has 3 rings (SSSR count). The van der Waals surface area contributed by atoms with Crippen LogP contribution in [0.3, 0.4) is 0 Å². The quantitative estimate of drug-likeness (QED) is 0.860.